The topological polar surface area (TPSA) is 86.9 Å². The van der Waals surface area contributed by atoms with Crippen LogP contribution >= 0.6 is 0 Å². The van der Waals surface area contributed by atoms with Gasteiger partial charge in [-0.1, -0.05) is 6.92 Å². The predicted molar refractivity (Wildman–Crippen MR) is 58.0 cm³/mol. The van der Waals surface area contributed by atoms with Crippen LogP contribution in [0.2, 0.25) is 0 Å². The van der Waals surface area contributed by atoms with E-state index in [0.717, 1.165) is 18.7 Å². The number of nitrogens with zero attached hydrogens (tertiary/aromatic N) is 2. The fourth-order valence-corrected chi connectivity index (χ4v) is 1.51. The number of aryl methyl sites for hydroxylation is 1. The van der Waals surface area contributed by atoms with Crippen molar-refractivity contribution in [2.24, 2.45) is 17.4 Å². The second kappa shape index (κ2) is 5.50. The standard InChI is InChI=1S/C10H18N4O/c1-2-3-14-7-13-6-9(14)4-8(5-11)10(12)15/h6-8H,2-5,11H2,1H3,(H2,12,15). The van der Waals surface area contributed by atoms with E-state index < -0.39 is 0 Å². The summed E-state index contributed by atoms with van der Waals surface area (Å²) in [7, 11) is 0. The molecule has 4 N–H and O–H groups in total. The normalized spacial score (nSPS) is 12.7. The molecule has 0 bridgehead atoms. The highest BCUT2D eigenvalue weighted by atomic mass is 16.1. The zero-order chi connectivity index (χ0) is 11.3. The van der Waals surface area contributed by atoms with E-state index in [1.54, 1.807) is 12.5 Å². The van der Waals surface area contributed by atoms with E-state index in [1.807, 2.05) is 4.57 Å². The number of aromatic nitrogens is 2. The molecule has 1 unspecified atom stereocenters. The summed E-state index contributed by atoms with van der Waals surface area (Å²) in [5.41, 5.74) is 11.7. The Hall–Kier alpha value is -1.36. The van der Waals surface area contributed by atoms with Gasteiger partial charge in [0.1, 0.15) is 0 Å². The first-order valence-electron chi connectivity index (χ1n) is 5.17. The van der Waals surface area contributed by atoms with Crippen molar-refractivity contribution < 1.29 is 4.79 Å². The number of rotatable bonds is 6. The molecule has 5 heteroatoms. The molecule has 5 nitrogen and oxygen atoms in total. The summed E-state index contributed by atoms with van der Waals surface area (Å²) < 4.78 is 2.03. The van der Waals surface area contributed by atoms with Gasteiger partial charge in [0.2, 0.25) is 5.91 Å². The molecule has 1 aromatic rings. The lowest BCUT2D eigenvalue weighted by molar-refractivity contribution is -0.121. The van der Waals surface area contributed by atoms with Gasteiger partial charge >= 0.3 is 0 Å². The van der Waals surface area contributed by atoms with Crippen LogP contribution in [-0.4, -0.2) is 22.0 Å². The zero-order valence-electron chi connectivity index (χ0n) is 9.02. The van der Waals surface area contributed by atoms with Crippen LogP contribution in [0.25, 0.3) is 0 Å². The number of primary amides is 1. The Bertz CT molecular complexity index is 321. The summed E-state index contributed by atoms with van der Waals surface area (Å²) in [4.78, 5) is 15.1. The van der Waals surface area contributed by atoms with Crippen LogP contribution in [0.1, 0.15) is 19.0 Å². The number of nitrogens with two attached hydrogens (primary N) is 2. The third-order valence-corrected chi connectivity index (χ3v) is 2.41. The van der Waals surface area contributed by atoms with Gasteiger partial charge in [-0.15, -0.1) is 0 Å². The van der Waals surface area contributed by atoms with Crippen LogP contribution in [0.4, 0.5) is 0 Å². The summed E-state index contributed by atoms with van der Waals surface area (Å²) in [6.07, 6.45) is 5.15. The van der Waals surface area contributed by atoms with Crippen molar-refractivity contribution >= 4 is 5.91 Å². The van der Waals surface area contributed by atoms with Crippen molar-refractivity contribution in [2.75, 3.05) is 6.54 Å². The van der Waals surface area contributed by atoms with Crippen molar-refractivity contribution in [3.63, 3.8) is 0 Å². The maximum absolute atomic E-state index is 11.0. The molecule has 0 aliphatic heterocycles. The van der Waals surface area contributed by atoms with Crippen LogP contribution in [0.3, 0.4) is 0 Å². The minimum Gasteiger partial charge on any atom is -0.369 e. The van der Waals surface area contributed by atoms with Gasteiger partial charge in [0.15, 0.2) is 0 Å². The first-order chi connectivity index (χ1) is 7.19. The second-order valence-corrected chi connectivity index (χ2v) is 3.62. The molecule has 0 saturated carbocycles. The van der Waals surface area contributed by atoms with E-state index in [-0.39, 0.29) is 18.4 Å². The van der Waals surface area contributed by atoms with E-state index in [1.165, 1.54) is 0 Å². The largest absolute Gasteiger partial charge is 0.369 e. The molecule has 0 aliphatic rings. The molecule has 1 rings (SSSR count). The third-order valence-electron chi connectivity index (χ3n) is 2.41. The van der Waals surface area contributed by atoms with Crippen LogP contribution in [0, 0.1) is 5.92 Å². The molecule has 15 heavy (non-hydrogen) atoms. The maximum atomic E-state index is 11.0. The molecular formula is C10H18N4O. The van der Waals surface area contributed by atoms with E-state index in [9.17, 15) is 4.79 Å². The Morgan fingerprint density at radius 1 is 1.67 bits per heavy atom. The third kappa shape index (κ3) is 3.06. The van der Waals surface area contributed by atoms with Crippen molar-refractivity contribution in [2.45, 2.75) is 26.3 Å². The second-order valence-electron chi connectivity index (χ2n) is 3.62. The fourth-order valence-electron chi connectivity index (χ4n) is 1.51. The average Bonchev–Trinajstić information content (AvgIpc) is 2.62. The molecule has 0 aliphatic carbocycles. The number of hydrogen-bond donors (Lipinski definition) is 2. The molecule has 0 aromatic carbocycles. The van der Waals surface area contributed by atoms with Gasteiger partial charge in [0.05, 0.1) is 12.2 Å². The van der Waals surface area contributed by atoms with Gasteiger partial charge in [-0.05, 0) is 6.42 Å². The van der Waals surface area contributed by atoms with E-state index >= 15 is 0 Å². The molecule has 0 fully saturated rings. The summed E-state index contributed by atoms with van der Waals surface area (Å²) in [6, 6.07) is 0. The Balaban J connectivity index is 2.69. The van der Waals surface area contributed by atoms with E-state index in [0.29, 0.717) is 6.42 Å². The maximum Gasteiger partial charge on any atom is 0.222 e. The van der Waals surface area contributed by atoms with Gasteiger partial charge in [0.25, 0.3) is 0 Å². The van der Waals surface area contributed by atoms with Gasteiger partial charge in [-0.25, -0.2) is 4.98 Å². The molecule has 1 aromatic heterocycles. The number of carbonyl (C=O) groups excluding carboxylic acids is 1. The molecular weight excluding hydrogens is 192 g/mol. The smallest absolute Gasteiger partial charge is 0.222 e. The molecule has 0 spiro atoms. The number of carbonyl (C=O) groups is 1. The zero-order valence-corrected chi connectivity index (χ0v) is 9.02. The Morgan fingerprint density at radius 3 is 2.93 bits per heavy atom. The lowest BCUT2D eigenvalue weighted by Gasteiger charge is -2.12. The van der Waals surface area contributed by atoms with Gasteiger partial charge in [0, 0.05) is 31.4 Å². The first kappa shape index (κ1) is 11.7. The minimum absolute atomic E-state index is 0.284. The minimum atomic E-state index is -0.346. The van der Waals surface area contributed by atoms with Gasteiger partial charge < -0.3 is 16.0 Å². The SMILES string of the molecule is CCCn1cncc1CC(CN)C(N)=O. The first-order valence-corrected chi connectivity index (χ1v) is 5.17. The van der Waals surface area contributed by atoms with Crippen molar-refractivity contribution in [1.82, 2.24) is 9.55 Å². The van der Waals surface area contributed by atoms with Crippen LogP contribution in [0.15, 0.2) is 12.5 Å². The Labute approximate surface area is 89.5 Å². The van der Waals surface area contributed by atoms with E-state index in [2.05, 4.69) is 11.9 Å². The summed E-state index contributed by atoms with van der Waals surface area (Å²) in [5, 5.41) is 0. The molecule has 1 heterocycles. The predicted octanol–water partition coefficient (Wildman–Crippen LogP) is -0.104. The summed E-state index contributed by atoms with van der Waals surface area (Å²) >= 11 is 0. The highest BCUT2D eigenvalue weighted by Gasteiger charge is 2.15. The molecule has 0 saturated heterocycles. The Kier molecular flexibility index (Phi) is 4.30. The summed E-state index contributed by atoms with van der Waals surface area (Å²) in [5.74, 6) is -0.640. The van der Waals surface area contributed by atoms with Crippen molar-refractivity contribution in [1.29, 1.82) is 0 Å². The quantitative estimate of drug-likeness (QED) is 0.687. The van der Waals surface area contributed by atoms with Crippen molar-refractivity contribution in [3.05, 3.63) is 18.2 Å². The fraction of sp³-hybridized carbons (Fsp3) is 0.600. The average molecular weight is 210 g/mol. The molecule has 1 atom stereocenters. The van der Waals surface area contributed by atoms with Gasteiger partial charge in [-0.2, -0.15) is 0 Å². The number of hydrogen-bond acceptors (Lipinski definition) is 3. The van der Waals surface area contributed by atoms with E-state index in [4.69, 9.17) is 11.5 Å². The number of amides is 1. The molecule has 0 radical (unpaired) electrons. The van der Waals surface area contributed by atoms with Crippen LogP contribution in [0.5, 0.6) is 0 Å². The number of imidazole rings is 1. The van der Waals surface area contributed by atoms with Crippen molar-refractivity contribution in [3.8, 4) is 0 Å². The van der Waals surface area contributed by atoms with Gasteiger partial charge in [-0.3, -0.25) is 4.79 Å². The highest BCUT2D eigenvalue weighted by Crippen LogP contribution is 2.08. The molecule has 1 amide bonds. The lowest BCUT2D eigenvalue weighted by Crippen LogP contribution is -2.32. The monoisotopic (exact) mass is 210 g/mol. The molecule has 84 valence electrons. The Morgan fingerprint density at radius 2 is 2.40 bits per heavy atom. The lowest BCUT2D eigenvalue weighted by atomic mass is 10.0. The highest BCUT2D eigenvalue weighted by molar-refractivity contribution is 5.77. The van der Waals surface area contributed by atoms with Crippen LogP contribution < -0.4 is 11.5 Å². The summed E-state index contributed by atoms with van der Waals surface area (Å²) in [6.45, 7) is 3.29. The van der Waals surface area contributed by atoms with Crippen LogP contribution in [-0.2, 0) is 17.8 Å².